The summed E-state index contributed by atoms with van der Waals surface area (Å²) in [6.07, 6.45) is 4.17. The van der Waals surface area contributed by atoms with E-state index in [1.165, 1.54) is 22.3 Å². The molecule has 0 atom stereocenters. The molecule has 0 saturated carbocycles. The first kappa shape index (κ1) is 13.2. The molecule has 0 spiro atoms. The van der Waals surface area contributed by atoms with E-state index in [2.05, 4.69) is 67.6 Å². The fraction of sp³-hybridized carbons (Fsp3) is 0.176. The zero-order valence-electron chi connectivity index (χ0n) is 9.77. The maximum absolute atomic E-state index is 2.17. The molecule has 0 aromatic heterocycles. The minimum atomic E-state index is 0. The van der Waals surface area contributed by atoms with Crippen LogP contribution in [0.25, 0.3) is 17.2 Å². The Labute approximate surface area is 105 Å². The molecule has 2 rings (SSSR count). The molecule has 0 heteroatoms. The van der Waals surface area contributed by atoms with Crippen LogP contribution in [0.4, 0.5) is 0 Å². The standard InChI is InChI=1S/C16H16.CH4/c1-3-4-14-7-11-16(12-8-14)15-9-5-13(2)6-10-15;/h3-12H,1-2H3;1H4/b4-3+;. The topological polar surface area (TPSA) is 0 Å². The largest absolute Gasteiger partial charge is 0.0871 e. The van der Waals surface area contributed by atoms with Gasteiger partial charge in [-0.2, -0.15) is 0 Å². The average Bonchev–Trinajstić information content (AvgIpc) is 2.32. The van der Waals surface area contributed by atoms with Crippen molar-refractivity contribution in [2.45, 2.75) is 21.3 Å². The molecule has 2 aromatic carbocycles. The van der Waals surface area contributed by atoms with E-state index in [1.807, 2.05) is 6.92 Å². The van der Waals surface area contributed by atoms with Crippen LogP contribution >= 0.6 is 0 Å². The number of aryl methyl sites for hydroxylation is 1. The third-order valence-electron chi connectivity index (χ3n) is 2.65. The van der Waals surface area contributed by atoms with Crippen molar-refractivity contribution in [2.24, 2.45) is 0 Å². The summed E-state index contributed by atoms with van der Waals surface area (Å²) in [4.78, 5) is 0. The van der Waals surface area contributed by atoms with Crippen LogP contribution in [0, 0.1) is 6.92 Å². The van der Waals surface area contributed by atoms with E-state index >= 15 is 0 Å². The van der Waals surface area contributed by atoms with Gasteiger partial charge in [-0.05, 0) is 30.5 Å². The number of benzene rings is 2. The summed E-state index contributed by atoms with van der Waals surface area (Å²) in [7, 11) is 0. The van der Waals surface area contributed by atoms with Crippen LogP contribution in [-0.2, 0) is 0 Å². The average molecular weight is 224 g/mol. The van der Waals surface area contributed by atoms with E-state index in [9.17, 15) is 0 Å². The molecule has 0 heterocycles. The highest BCUT2D eigenvalue weighted by molar-refractivity contribution is 5.65. The molecule has 0 bridgehead atoms. The van der Waals surface area contributed by atoms with Crippen molar-refractivity contribution in [1.29, 1.82) is 0 Å². The molecule has 0 fully saturated rings. The number of allylic oxidation sites excluding steroid dienone is 1. The molecule has 0 N–H and O–H groups in total. The van der Waals surface area contributed by atoms with E-state index in [0.29, 0.717) is 0 Å². The Morgan fingerprint density at radius 1 is 0.765 bits per heavy atom. The molecule has 0 saturated heterocycles. The van der Waals surface area contributed by atoms with E-state index in [1.54, 1.807) is 0 Å². The van der Waals surface area contributed by atoms with Crippen molar-refractivity contribution in [3.63, 3.8) is 0 Å². The minimum absolute atomic E-state index is 0. The first-order valence-electron chi connectivity index (χ1n) is 5.59. The molecule has 0 aliphatic carbocycles. The van der Waals surface area contributed by atoms with Gasteiger partial charge in [0.1, 0.15) is 0 Å². The van der Waals surface area contributed by atoms with Crippen molar-refractivity contribution in [1.82, 2.24) is 0 Å². The van der Waals surface area contributed by atoms with E-state index in [4.69, 9.17) is 0 Å². The second-order valence-electron chi connectivity index (χ2n) is 3.99. The van der Waals surface area contributed by atoms with Crippen molar-refractivity contribution < 1.29 is 0 Å². The van der Waals surface area contributed by atoms with Gasteiger partial charge in [0, 0.05) is 0 Å². The van der Waals surface area contributed by atoms with Gasteiger partial charge in [0.05, 0.1) is 0 Å². The van der Waals surface area contributed by atoms with Crippen LogP contribution < -0.4 is 0 Å². The lowest BCUT2D eigenvalue weighted by molar-refractivity contribution is 1.47. The third-order valence-corrected chi connectivity index (χ3v) is 2.65. The summed E-state index contributed by atoms with van der Waals surface area (Å²) in [6, 6.07) is 17.3. The predicted molar refractivity (Wildman–Crippen MR) is 78.1 cm³/mol. The predicted octanol–water partition coefficient (Wildman–Crippen LogP) is 5.33. The lowest BCUT2D eigenvalue weighted by Crippen LogP contribution is -1.79. The van der Waals surface area contributed by atoms with Crippen LogP contribution in [0.5, 0.6) is 0 Å². The van der Waals surface area contributed by atoms with Crippen LogP contribution in [0.1, 0.15) is 25.5 Å². The Morgan fingerprint density at radius 2 is 1.24 bits per heavy atom. The van der Waals surface area contributed by atoms with Gasteiger partial charge in [0.15, 0.2) is 0 Å². The van der Waals surface area contributed by atoms with Crippen LogP contribution in [0.3, 0.4) is 0 Å². The summed E-state index contributed by atoms with van der Waals surface area (Å²) < 4.78 is 0. The molecule has 0 aliphatic heterocycles. The van der Waals surface area contributed by atoms with Gasteiger partial charge in [-0.1, -0.05) is 73.7 Å². The number of hydrogen-bond acceptors (Lipinski definition) is 0. The quantitative estimate of drug-likeness (QED) is 0.646. The maximum Gasteiger partial charge on any atom is -0.0184 e. The van der Waals surface area contributed by atoms with Crippen LogP contribution in [-0.4, -0.2) is 0 Å². The van der Waals surface area contributed by atoms with Gasteiger partial charge in [0.2, 0.25) is 0 Å². The van der Waals surface area contributed by atoms with Crippen LogP contribution in [0.2, 0.25) is 0 Å². The zero-order valence-corrected chi connectivity index (χ0v) is 9.77. The fourth-order valence-corrected chi connectivity index (χ4v) is 1.73. The second kappa shape index (κ2) is 6.05. The normalized spacial score (nSPS) is 10.2. The van der Waals surface area contributed by atoms with Gasteiger partial charge >= 0.3 is 0 Å². The number of hydrogen-bond donors (Lipinski definition) is 0. The SMILES string of the molecule is C.C/C=C/c1ccc(-c2ccc(C)cc2)cc1. The van der Waals surface area contributed by atoms with Crippen molar-refractivity contribution in [3.8, 4) is 11.1 Å². The third kappa shape index (κ3) is 3.32. The highest BCUT2D eigenvalue weighted by atomic mass is 14.0. The van der Waals surface area contributed by atoms with Gasteiger partial charge in [-0.15, -0.1) is 0 Å². The minimum Gasteiger partial charge on any atom is -0.0871 e. The highest BCUT2D eigenvalue weighted by Crippen LogP contribution is 2.20. The molecule has 17 heavy (non-hydrogen) atoms. The molecule has 2 aromatic rings. The molecule has 0 aliphatic rings. The van der Waals surface area contributed by atoms with Crippen molar-refractivity contribution >= 4 is 6.08 Å². The van der Waals surface area contributed by atoms with E-state index < -0.39 is 0 Å². The molecule has 88 valence electrons. The van der Waals surface area contributed by atoms with Gasteiger partial charge in [-0.3, -0.25) is 0 Å². The van der Waals surface area contributed by atoms with Crippen LogP contribution in [0.15, 0.2) is 54.6 Å². The second-order valence-corrected chi connectivity index (χ2v) is 3.99. The maximum atomic E-state index is 2.17. The number of rotatable bonds is 2. The summed E-state index contributed by atoms with van der Waals surface area (Å²) in [5.74, 6) is 0. The van der Waals surface area contributed by atoms with Gasteiger partial charge in [0.25, 0.3) is 0 Å². The molecule has 0 nitrogen and oxygen atoms in total. The molecular formula is C17H20. The van der Waals surface area contributed by atoms with Gasteiger partial charge < -0.3 is 0 Å². The summed E-state index contributed by atoms with van der Waals surface area (Å²) >= 11 is 0. The first-order valence-corrected chi connectivity index (χ1v) is 5.59. The van der Waals surface area contributed by atoms with Crippen molar-refractivity contribution in [2.75, 3.05) is 0 Å². The molecule has 0 radical (unpaired) electrons. The van der Waals surface area contributed by atoms with E-state index in [-0.39, 0.29) is 7.43 Å². The lowest BCUT2D eigenvalue weighted by atomic mass is 10.0. The Bertz CT molecular complexity index is 472. The Kier molecular flexibility index (Phi) is 4.71. The molecule has 0 unspecified atom stereocenters. The fourth-order valence-electron chi connectivity index (χ4n) is 1.73. The molecule has 0 amide bonds. The Hall–Kier alpha value is -1.82. The monoisotopic (exact) mass is 224 g/mol. The van der Waals surface area contributed by atoms with Crippen molar-refractivity contribution in [3.05, 3.63) is 65.7 Å². The summed E-state index contributed by atoms with van der Waals surface area (Å²) in [5.41, 5.74) is 5.10. The smallest absolute Gasteiger partial charge is 0.0184 e. The summed E-state index contributed by atoms with van der Waals surface area (Å²) in [5, 5.41) is 0. The molecular weight excluding hydrogens is 204 g/mol. The summed E-state index contributed by atoms with van der Waals surface area (Å²) in [6.45, 7) is 4.15. The Balaban J connectivity index is 0.00000144. The van der Waals surface area contributed by atoms with Gasteiger partial charge in [-0.25, -0.2) is 0 Å². The lowest BCUT2D eigenvalue weighted by Gasteiger charge is -2.02. The highest BCUT2D eigenvalue weighted by Gasteiger charge is 1.96. The first-order chi connectivity index (χ1) is 7.79. The zero-order chi connectivity index (χ0) is 11.4. The Morgan fingerprint density at radius 3 is 1.71 bits per heavy atom. The van der Waals surface area contributed by atoms with E-state index in [0.717, 1.165) is 0 Å².